The molecule has 0 atom stereocenters. The van der Waals surface area contributed by atoms with Gasteiger partial charge in [0.1, 0.15) is 6.54 Å². The van der Waals surface area contributed by atoms with Crippen LogP contribution in [0.5, 0.6) is 0 Å². The third-order valence-electron chi connectivity index (χ3n) is 3.26. The molecule has 21 heavy (non-hydrogen) atoms. The van der Waals surface area contributed by atoms with Crippen molar-refractivity contribution >= 4 is 18.2 Å². The lowest BCUT2D eigenvalue weighted by Gasteiger charge is -2.24. The van der Waals surface area contributed by atoms with Gasteiger partial charge in [0.15, 0.2) is 0 Å². The highest BCUT2D eigenvalue weighted by molar-refractivity contribution is 7.71. The Balaban J connectivity index is 2.03. The Morgan fingerprint density at radius 2 is 1.95 bits per heavy atom. The number of halogens is 3. The molecular formula is C13H13F3N4S. The highest BCUT2D eigenvalue weighted by Crippen LogP contribution is 2.34. The first-order valence-electron chi connectivity index (χ1n) is 6.52. The molecule has 1 aromatic carbocycles. The van der Waals surface area contributed by atoms with Gasteiger partial charge in [-0.05, 0) is 37.2 Å². The van der Waals surface area contributed by atoms with Crippen molar-refractivity contribution in [2.45, 2.75) is 25.1 Å². The normalized spacial score (nSPS) is 15.2. The van der Waals surface area contributed by atoms with E-state index in [2.05, 4.69) is 10.2 Å². The van der Waals surface area contributed by atoms with Crippen LogP contribution in [0.4, 0.5) is 19.1 Å². The van der Waals surface area contributed by atoms with Crippen molar-refractivity contribution in [3.63, 3.8) is 0 Å². The van der Waals surface area contributed by atoms with E-state index in [1.807, 2.05) is 6.07 Å². The summed E-state index contributed by atoms with van der Waals surface area (Å²) >= 11 is 5.16. The highest BCUT2D eigenvalue weighted by atomic mass is 32.1. The second-order valence-electron chi connectivity index (χ2n) is 4.97. The third kappa shape index (κ3) is 3.10. The zero-order valence-electron chi connectivity index (χ0n) is 11.0. The number of benzene rings is 1. The van der Waals surface area contributed by atoms with Crippen LogP contribution in [0.3, 0.4) is 0 Å². The van der Waals surface area contributed by atoms with Crippen molar-refractivity contribution in [1.82, 2.24) is 14.8 Å². The van der Waals surface area contributed by atoms with Gasteiger partial charge in [0, 0.05) is 6.04 Å². The fourth-order valence-corrected chi connectivity index (χ4v) is 2.47. The number of aromatic nitrogens is 3. The summed E-state index contributed by atoms with van der Waals surface area (Å²) in [5.41, 5.74) is 0.694. The number of hydrogen-bond donors (Lipinski definition) is 1. The van der Waals surface area contributed by atoms with Crippen LogP contribution in [0.25, 0.3) is 5.69 Å². The van der Waals surface area contributed by atoms with Crippen LogP contribution in [0, 0.1) is 4.77 Å². The standard InChI is InChI=1S/C13H13F3N4S/c14-13(15,16)8-19(9-6-7-9)11-17-18-12(21)20(11)10-4-2-1-3-5-10/h1-5,9H,6-8H2,(H,18,21). The molecule has 8 heteroatoms. The van der Waals surface area contributed by atoms with Gasteiger partial charge in [0.25, 0.3) is 0 Å². The monoisotopic (exact) mass is 314 g/mol. The molecule has 0 saturated heterocycles. The number of hydrogen-bond acceptors (Lipinski definition) is 3. The molecule has 112 valence electrons. The molecule has 2 aromatic rings. The van der Waals surface area contributed by atoms with Crippen molar-refractivity contribution in [1.29, 1.82) is 0 Å². The molecule has 1 aliphatic rings. The topological polar surface area (TPSA) is 36.9 Å². The van der Waals surface area contributed by atoms with E-state index >= 15 is 0 Å². The van der Waals surface area contributed by atoms with Gasteiger partial charge in [-0.1, -0.05) is 18.2 Å². The van der Waals surface area contributed by atoms with Gasteiger partial charge in [-0.25, -0.2) is 5.10 Å². The Hall–Kier alpha value is -1.83. The van der Waals surface area contributed by atoms with E-state index in [9.17, 15) is 13.2 Å². The molecular weight excluding hydrogens is 301 g/mol. The van der Waals surface area contributed by atoms with Gasteiger partial charge in [-0.15, -0.1) is 5.10 Å². The summed E-state index contributed by atoms with van der Waals surface area (Å²) in [7, 11) is 0. The second-order valence-corrected chi connectivity index (χ2v) is 5.36. The van der Waals surface area contributed by atoms with E-state index in [1.165, 1.54) is 4.90 Å². The van der Waals surface area contributed by atoms with Crippen molar-refractivity contribution in [3.8, 4) is 5.69 Å². The average Bonchev–Trinajstić information content (AvgIpc) is 3.19. The summed E-state index contributed by atoms with van der Waals surface area (Å²) in [6.07, 6.45) is -2.80. The summed E-state index contributed by atoms with van der Waals surface area (Å²) in [6.45, 7) is -1.02. The van der Waals surface area contributed by atoms with Crippen LogP contribution in [-0.2, 0) is 0 Å². The third-order valence-corrected chi connectivity index (χ3v) is 3.54. The molecule has 1 aromatic heterocycles. The lowest BCUT2D eigenvalue weighted by Crippen LogP contribution is -2.37. The number of aromatic amines is 1. The lowest BCUT2D eigenvalue weighted by molar-refractivity contribution is -0.120. The van der Waals surface area contributed by atoms with Crippen LogP contribution in [0.15, 0.2) is 30.3 Å². The summed E-state index contributed by atoms with van der Waals surface area (Å²) in [5.74, 6) is 0.214. The molecule has 0 bridgehead atoms. The molecule has 0 amide bonds. The molecule has 0 radical (unpaired) electrons. The van der Waals surface area contributed by atoms with Crippen molar-refractivity contribution in [2.24, 2.45) is 0 Å². The molecule has 1 aliphatic carbocycles. The van der Waals surface area contributed by atoms with Gasteiger partial charge >= 0.3 is 6.18 Å². The highest BCUT2D eigenvalue weighted by Gasteiger charge is 2.40. The van der Waals surface area contributed by atoms with E-state index in [0.717, 1.165) is 12.8 Å². The Bertz CT molecular complexity index is 673. The molecule has 1 heterocycles. The number of rotatable bonds is 4. The quantitative estimate of drug-likeness (QED) is 0.878. The molecule has 0 spiro atoms. The van der Waals surface area contributed by atoms with Crippen LogP contribution in [0.1, 0.15) is 12.8 Å². The Kier molecular flexibility index (Phi) is 3.48. The first-order chi connectivity index (χ1) is 9.96. The van der Waals surface area contributed by atoms with Crippen molar-refractivity contribution < 1.29 is 13.2 Å². The zero-order valence-corrected chi connectivity index (χ0v) is 11.8. The van der Waals surface area contributed by atoms with E-state index in [4.69, 9.17) is 12.2 Å². The molecule has 0 unspecified atom stereocenters. The van der Waals surface area contributed by atoms with Gasteiger partial charge in [-0.3, -0.25) is 4.57 Å². The molecule has 0 aliphatic heterocycles. The average molecular weight is 314 g/mol. The number of alkyl halides is 3. The number of para-hydroxylation sites is 1. The maximum atomic E-state index is 12.8. The fraction of sp³-hybridized carbons (Fsp3) is 0.385. The van der Waals surface area contributed by atoms with Crippen molar-refractivity contribution in [2.75, 3.05) is 11.4 Å². The van der Waals surface area contributed by atoms with E-state index < -0.39 is 12.7 Å². The van der Waals surface area contributed by atoms with Crippen molar-refractivity contribution in [3.05, 3.63) is 35.1 Å². The SMILES string of the molecule is FC(F)(F)CN(c1n[nH]c(=S)n1-c1ccccc1)C1CC1. The summed E-state index contributed by atoms with van der Waals surface area (Å²) in [4.78, 5) is 1.28. The summed E-state index contributed by atoms with van der Waals surface area (Å²) in [6, 6.07) is 8.89. The molecule has 1 fully saturated rings. The molecule has 4 nitrogen and oxygen atoms in total. The Morgan fingerprint density at radius 1 is 1.29 bits per heavy atom. The minimum absolute atomic E-state index is 0.126. The maximum Gasteiger partial charge on any atom is 0.406 e. The van der Waals surface area contributed by atoms with Gasteiger partial charge in [-0.2, -0.15) is 13.2 Å². The number of nitrogens with one attached hydrogen (secondary N) is 1. The van der Waals surface area contributed by atoms with E-state index in [0.29, 0.717) is 5.69 Å². The fourth-order valence-electron chi connectivity index (χ4n) is 2.23. The van der Waals surface area contributed by atoms with Gasteiger partial charge in [0.05, 0.1) is 5.69 Å². The van der Waals surface area contributed by atoms with Crippen LogP contribution in [-0.4, -0.2) is 33.5 Å². The molecule has 3 rings (SSSR count). The largest absolute Gasteiger partial charge is 0.406 e. The Labute approximate surface area is 124 Å². The number of anilines is 1. The predicted octanol–water partition coefficient (Wildman–Crippen LogP) is 3.46. The van der Waals surface area contributed by atoms with Crippen LogP contribution >= 0.6 is 12.2 Å². The lowest BCUT2D eigenvalue weighted by atomic mass is 10.3. The van der Waals surface area contributed by atoms with Gasteiger partial charge < -0.3 is 4.90 Å². The number of nitrogens with zero attached hydrogens (tertiary/aromatic N) is 3. The minimum atomic E-state index is -4.28. The van der Waals surface area contributed by atoms with Crippen LogP contribution in [0.2, 0.25) is 0 Å². The predicted molar refractivity (Wildman–Crippen MR) is 75.2 cm³/mol. The van der Waals surface area contributed by atoms with E-state index in [-0.39, 0.29) is 16.8 Å². The molecule has 1 saturated carbocycles. The number of H-pyrrole nitrogens is 1. The smallest absolute Gasteiger partial charge is 0.329 e. The first-order valence-corrected chi connectivity index (χ1v) is 6.93. The van der Waals surface area contributed by atoms with Gasteiger partial charge in [0.2, 0.25) is 10.7 Å². The zero-order chi connectivity index (χ0) is 15.0. The van der Waals surface area contributed by atoms with E-state index in [1.54, 1.807) is 28.8 Å². The molecule has 1 N–H and O–H groups in total. The maximum absolute atomic E-state index is 12.8. The summed E-state index contributed by atoms with van der Waals surface area (Å²) < 4.78 is 40.2. The Morgan fingerprint density at radius 3 is 2.52 bits per heavy atom. The first kappa shape index (κ1) is 14.1. The second kappa shape index (κ2) is 5.18. The summed E-state index contributed by atoms with van der Waals surface area (Å²) in [5, 5.41) is 6.60. The minimum Gasteiger partial charge on any atom is -0.329 e. The van der Waals surface area contributed by atoms with Crippen LogP contribution < -0.4 is 4.90 Å².